The van der Waals surface area contributed by atoms with Gasteiger partial charge in [0.05, 0.1) is 6.61 Å². The summed E-state index contributed by atoms with van der Waals surface area (Å²) in [5.41, 5.74) is 2.20. The second kappa shape index (κ2) is 11.0. The molecule has 0 radical (unpaired) electrons. The summed E-state index contributed by atoms with van der Waals surface area (Å²) in [7, 11) is 0. The number of rotatable bonds is 11. The molecule has 0 saturated heterocycles. The molecule has 0 saturated carbocycles. The number of hydrogen-bond donors (Lipinski definition) is 3. The molecular weight excluding hydrogens is 324 g/mol. The van der Waals surface area contributed by atoms with E-state index in [2.05, 4.69) is 16.7 Å². The first-order chi connectivity index (χ1) is 11.8. The van der Waals surface area contributed by atoms with Crippen molar-refractivity contribution in [2.24, 2.45) is 0 Å². The van der Waals surface area contributed by atoms with Crippen LogP contribution in [0.15, 0.2) is 48.5 Å². The van der Waals surface area contributed by atoms with Crippen LogP contribution in [0.1, 0.15) is 17.5 Å². The standard InChI is InChI=1S/C19H25ClN2O2/c20-18-7-3-5-16(13-18)15-24-19-8-2-1-6-17(19)14-22-10-4-9-21-11-12-23/h1-3,5-8,13,21-23H,4,9-12,14-15H2. The van der Waals surface area contributed by atoms with Crippen LogP contribution in [0.2, 0.25) is 5.02 Å². The number of aliphatic hydroxyl groups is 1. The zero-order valence-corrected chi connectivity index (χ0v) is 14.6. The highest BCUT2D eigenvalue weighted by molar-refractivity contribution is 6.30. The molecule has 2 rings (SSSR count). The number of hydrogen-bond acceptors (Lipinski definition) is 4. The smallest absolute Gasteiger partial charge is 0.124 e. The Kier molecular flexibility index (Phi) is 8.63. The maximum absolute atomic E-state index is 8.70. The third-order valence-corrected chi connectivity index (χ3v) is 3.80. The predicted octanol–water partition coefficient (Wildman–Crippen LogP) is 2.98. The fraction of sp³-hybridized carbons (Fsp3) is 0.368. The lowest BCUT2D eigenvalue weighted by molar-refractivity contribution is 0.292. The molecule has 24 heavy (non-hydrogen) atoms. The van der Waals surface area contributed by atoms with E-state index in [4.69, 9.17) is 21.4 Å². The Morgan fingerprint density at radius 1 is 0.958 bits per heavy atom. The second-order valence-electron chi connectivity index (χ2n) is 5.53. The van der Waals surface area contributed by atoms with Gasteiger partial charge in [0.1, 0.15) is 12.4 Å². The van der Waals surface area contributed by atoms with Gasteiger partial charge in [0.2, 0.25) is 0 Å². The highest BCUT2D eigenvalue weighted by Crippen LogP contribution is 2.20. The molecule has 2 aromatic rings. The minimum Gasteiger partial charge on any atom is -0.489 e. The number of para-hydroxylation sites is 1. The van der Waals surface area contributed by atoms with Gasteiger partial charge in [0.15, 0.2) is 0 Å². The summed E-state index contributed by atoms with van der Waals surface area (Å²) in [6, 6.07) is 15.8. The van der Waals surface area contributed by atoms with Gasteiger partial charge in [0, 0.05) is 23.7 Å². The van der Waals surface area contributed by atoms with Crippen molar-refractivity contribution in [3.8, 4) is 5.75 Å². The Balaban J connectivity index is 1.77. The molecule has 2 aromatic carbocycles. The summed E-state index contributed by atoms with van der Waals surface area (Å²) in [6.45, 7) is 3.93. The van der Waals surface area contributed by atoms with Crippen LogP contribution in [-0.4, -0.2) is 31.3 Å². The van der Waals surface area contributed by atoms with E-state index in [-0.39, 0.29) is 6.61 Å². The fourth-order valence-electron chi connectivity index (χ4n) is 2.34. The van der Waals surface area contributed by atoms with Crippen LogP contribution in [0.25, 0.3) is 0 Å². The predicted molar refractivity (Wildman–Crippen MR) is 98.5 cm³/mol. The summed E-state index contributed by atoms with van der Waals surface area (Å²) in [5, 5.41) is 16.0. The van der Waals surface area contributed by atoms with Crippen LogP contribution in [0.3, 0.4) is 0 Å². The van der Waals surface area contributed by atoms with Gasteiger partial charge < -0.3 is 20.5 Å². The van der Waals surface area contributed by atoms with E-state index in [1.165, 1.54) is 0 Å². The average Bonchev–Trinajstić information content (AvgIpc) is 2.60. The van der Waals surface area contributed by atoms with E-state index in [1.54, 1.807) is 0 Å². The molecule has 0 aliphatic heterocycles. The molecule has 0 aromatic heterocycles. The SMILES string of the molecule is OCCNCCCNCc1ccccc1OCc1cccc(Cl)c1. The van der Waals surface area contributed by atoms with Gasteiger partial charge in [-0.3, -0.25) is 0 Å². The van der Waals surface area contributed by atoms with E-state index in [0.717, 1.165) is 48.0 Å². The molecule has 130 valence electrons. The molecule has 0 heterocycles. The van der Waals surface area contributed by atoms with Crippen LogP contribution < -0.4 is 15.4 Å². The normalized spacial score (nSPS) is 10.8. The van der Waals surface area contributed by atoms with Crippen molar-refractivity contribution in [2.45, 2.75) is 19.6 Å². The van der Waals surface area contributed by atoms with Gasteiger partial charge in [-0.2, -0.15) is 0 Å². The van der Waals surface area contributed by atoms with Gasteiger partial charge >= 0.3 is 0 Å². The topological polar surface area (TPSA) is 53.5 Å². The third-order valence-electron chi connectivity index (χ3n) is 3.57. The highest BCUT2D eigenvalue weighted by Gasteiger charge is 2.03. The van der Waals surface area contributed by atoms with Crippen molar-refractivity contribution in [3.63, 3.8) is 0 Å². The quantitative estimate of drug-likeness (QED) is 0.546. The first-order valence-corrected chi connectivity index (χ1v) is 8.65. The maximum atomic E-state index is 8.70. The third kappa shape index (κ3) is 6.89. The van der Waals surface area contributed by atoms with Gasteiger partial charge in [-0.1, -0.05) is 41.9 Å². The van der Waals surface area contributed by atoms with E-state index in [1.807, 2.05) is 42.5 Å². The molecule has 0 fully saturated rings. The first-order valence-electron chi connectivity index (χ1n) is 8.27. The zero-order chi connectivity index (χ0) is 17.0. The van der Waals surface area contributed by atoms with Crippen molar-refractivity contribution < 1.29 is 9.84 Å². The Bertz CT molecular complexity index is 607. The van der Waals surface area contributed by atoms with Gasteiger partial charge in [-0.05, 0) is 43.3 Å². The minimum atomic E-state index is 0.185. The summed E-state index contributed by atoms with van der Waals surface area (Å²) in [6.07, 6.45) is 1.02. The second-order valence-corrected chi connectivity index (χ2v) is 5.97. The van der Waals surface area contributed by atoms with E-state index in [9.17, 15) is 0 Å². The number of benzene rings is 2. The lowest BCUT2D eigenvalue weighted by Crippen LogP contribution is -2.24. The van der Waals surface area contributed by atoms with Crippen molar-refractivity contribution in [3.05, 3.63) is 64.7 Å². The molecule has 0 atom stereocenters. The van der Waals surface area contributed by atoms with Crippen molar-refractivity contribution in [2.75, 3.05) is 26.2 Å². The first kappa shape index (κ1) is 18.7. The summed E-state index contributed by atoms with van der Waals surface area (Å²) < 4.78 is 5.95. The number of aliphatic hydroxyl groups excluding tert-OH is 1. The highest BCUT2D eigenvalue weighted by atomic mass is 35.5. The summed E-state index contributed by atoms with van der Waals surface area (Å²) in [5.74, 6) is 0.892. The molecule has 0 unspecified atom stereocenters. The molecule has 0 spiro atoms. The average molecular weight is 349 g/mol. The maximum Gasteiger partial charge on any atom is 0.124 e. The Labute approximate surface area is 148 Å². The number of nitrogens with one attached hydrogen (secondary N) is 2. The largest absolute Gasteiger partial charge is 0.489 e. The molecule has 3 N–H and O–H groups in total. The monoisotopic (exact) mass is 348 g/mol. The number of halogens is 1. The lowest BCUT2D eigenvalue weighted by Gasteiger charge is -2.12. The Morgan fingerprint density at radius 2 is 1.79 bits per heavy atom. The van der Waals surface area contributed by atoms with Crippen molar-refractivity contribution >= 4 is 11.6 Å². The van der Waals surface area contributed by atoms with Gasteiger partial charge in [-0.15, -0.1) is 0 Å². The molecule has 0 aliphatic carbocycles. The van der Waals surface area contributed by atoms with Gasteiger partial charge in [0.25, 0.3) is 0 Å². The van der Waals surface area contributed by atoms with E-state index in [0.29, 0.717) is 13.2 Å². The van der Waals surface area contributed by atoms with Crippen molar-refractivity contribution in [1.29, 1.82) is 0 Å². The summed E-state index contributed by atoms with van der Waals surface area (Å²) in [4.78, 5) is 0. The number of ether oxygens (including phenoxy) is 1. The van der Waals surface area contributed by atoms with E-state index < -0.39 is 0 Å². The van der Waals surface area contributed by atoms with Gasteiger partial charge in [-0.25, -0.2) is 0 Å². The molecule has 4 nitrogen and oxygen atoms in total. The van der Waals surface area contributed by atoms with Crippen molar-refractivity contribution in [1.82, 2.24) is 10.6 Å². The van der Waals surface area contributed by atoms with E-state index >= 15 is 0 Å². The van der Waals surface area contributed by atoms with Crippen LogP contribution in [0.5, 0.6) is 5.75 Å². The minimum absolute atomic E-state index is 0.185. The molecule has 5 heteroatoms. The summed E-state index contributed by atoms with van der Waals surface area (Å²) >= 11 is 6.00. The Hall–Kier alpha value is -1.59. The molecule has 0 bridgehead atoms. The molecule has 0 aliphatic rings. The van der Waals surface area contributed by atoms with Crippen LogP contribution in [0, 0.1) is 0 Å². The molecular formula is C19H25ClN2O2. The Morgan fingerprint density at radius 3 is 2.62 bits per heavy atom. The molecule has 0 amide bonds. The van der Waals surface area contributed by atoms with Crippen LogP contribution in [0.4, 0.5) is 0 Å². The lowest BCUT2D eigenvalue weighted by atomic mass is 10.2. The van der Waals surface area contributed by atoms with Crippen LogP contribution in [-0.2, 0) is 13.2 Å². The van der Waals surface area contributed by atoms with Crippen LogP contribution >= 0.6 is 11.6 Å². The fourth-order valence-corrected chi connectivity index (χ4v) is 2.56. The zero-order valence-electron chi connectivity index (χ0n) is 13.8.